The van der Waals surface area contributed by atoms with Crippen LogP contribution in [0.2, 0.25) is 0 Å². The molecule has 2 rings (SSSR count). The van der Waals surface area contributed by atoms with Crippen LogP contribution in [0.25, 0.3) is 0 Å². The lowest BCUT2D eigenvalue weighted by Gasteiger charge is -2.09. The minimum Gasteiger partial charge on any atom is -0.497 e. The molecular weight excluding hydrogens is 285 g/mol. The standard InChI is InChI=1S/C17H18FNO3/c1-3-9-22-14-6-4-5-12(10-14)19-17(20)15-8-7-13(21-2)11-16(15)18/h4-8,10-11H,3,9H2,1-2H3,(H,19,20). The average molecular weight is 303 g/mol. The lowest BCUT2D eigenvalue weighted by Crippen LogP contribution is -2.13. The predicted octanol–water partition coefficient (Wildman–Crippen LogP) is 3.88. The van der Waals surface area contributed by atoms with Crippen molar-refractivity contribution in [2.75, 3.05) is 19.0 Å². The lowest BCUT2D eigenvalue weighted by atomic mass is 10.2. The Labute approximate surface area is 128 Å². The number of hydrogen-bond acceptors (Lipinski definition) is 3. The van der Waals surface area contributed by atoms with Crippen LogP contribution in [0.3, 0.4) is 0 Å². The fourth-order valence-electron chi connectivity index (χ4n) is 1.89. The second-order valence-corrected chi connectivity index (χ2v) is 4.68. The number of carbonyl (C=O) groups excluding carboxylic acids is 1. The van der Waals surface area contributed by atoms with Crippen LogP contribution in [0.15, 0.2) is 42.5 Å². The van der Waals surface area contributed by atoms with Crippen molar-refractivity contribution in [2.45, 2.75) is 13.3 Å². The van der Waals surface area contributed by atoms with Crippen molar-refractivity contribution in [3.63, 3.8) is 0 Å². The zero-order chi connectivity index (χ0) is 15.9. The van der Waals surface area contributed by atoms with Crippen LogP contribution in [0, 0.1) is 5.82 Å². The van der Waals surface area contributed by atoms with Crippen molar-refractivity contribution in [2.24, 2.45) is 0 Å². The number of hydrogen-bond donors (Lipinski definition) is 1. The van der Waals surface area contributed by atoms with Crippen LogP contribution in [-0.4, -0.2) is 19.6 Å². The van der Waals surface area contributed by atoms with Gasteiger partial charge in [0.1, 0.15) is 17.3 Å². The monoisotopic (exact) mass is 303 g/mol. The second-order valence-electron chi connectivity index (χ2n) is 4.68. The van der Waals surface area contributed by atoms with Gasteiger partial charge in [0.05, 0.1) is 19.3 Å². The molecule has 116 valence electrons. The quantitative estimate of drug-likeness (QED) is 0.881. The number of rotatable bonds is 6. The van der Waals surface area contributed by atoms with Gasteiger partial charge in [0, 0.05) is 17.8 Å². The molecule has 0 saturated carbocycles. The maximum Gasteiger partial charge on any atom is 0.258 e. The number of halogens is 1. The Balaban J connectivity index is 2.11. The van der Waals surface area contributed by atoms with Gasteiger partial charge in [-0.1, -0.05) is 13.0 Å². The Morgan fingerprint density at radius 2 is 2.00 bits per heavy atom. The van der Waals surface area contributed by atoms with Gasteiger partial charge in [-0.3, -0.25) is 4.79 Å². The van der Waals surface area contributed by atoms with Crippen molar-refractivity contribution in [3.8, 4) is 11.5 Å². The molecule has 0 radical (unpaired) electrons. The number of ether oxygens (including phenoxy) is 2. The van der Waals surface area contributed by atoms with Crippen LogP contribution in [0.4, 0.5) is 10.1 Å². The predicted molar refractivity (Wildman–Crippen MR) is 83.1 cm³/mol. The summed E-state index contributed by atoms with van der Waals surface area (Å²) in [5, 5.41) is 2.65. The zero-order valence-corrected chi connectivity index (χ0v) is 12.6. The van der Waals surface area contributed by atoms with Crippen LogP contribution < -0.4 is 14.8 Å². The average Bonchev–Trinajstić information content (AvgIpc) is 2.53. The first kappa shape index (κ1) is 15.8. The van der Waals surface area contributed by atoms with Crippen LogP contribution >= 0.6 is 0 Å². The van der Waals surface area contributed by atoms with E-state index >= 15 is 0 Å². The number of methoxy groups -OCH3 is 1. The Bertz CT molecular complexity index is 658. The van der Waals surface area contributed by atoms with Gasteiger partial charge in [-0.2, -0.15) is 0 Å². The summed E-state index contributed by atoms with van der Waals surface area (Å²) in [5.74, 6) is -0.123. The minimum atomic E-state index is -0.629. The molecule has 0 heterocycles. The molecule has 0 aliphatic heterocycles. The zero-order valence-electron chi connectivity index (χ0n) is 12.6. The third kappa shape index (κ3) is 3.97. The van der Waals surface area contributed by atoms with E-state index in [2.05, 4.69) is 5.32 Å². The van der Waals surface area contributed by atoms with Gasteiger partial charge in [0.2, 0.25) is 0 Å². The molecule has 0 aliphatic rings. The van der Waals surface area contributed by atoms with Gasteiger partial charge >= 0.3 is 0 Å². The molecule has 2 aromatic rings. The molecule has 1 N–H and O–H groups in total. The van der Waals surface area contributed by atoms with Gasteiger partial charge in [-0.15, -0.1) is 0 Å². The van der Waals surface area contributed by atoms with E-state index in [1.54, 1.807) is 30.3 Å². The third-order valence-corrected chi connectivity index (χ3v) is 2.99. The highest BCUT2D eigenvalue weighted by Gasteiger charge is 2.13. The molecule has 0 aromatic heterocycles. The summed E-state index contributed by atoms with van der Waals surface area (Å²) in [4.78, 5) is 12.1. The number of anilines is 1. The molecule has 0 atom stereocenters. The summed E-state index contributed by atoms with van der Waals surface area (Å²) in [6.07, 6.45) is 0.896. The Morgan fingerprint density at radius 1 is 1.18 bits per heavy atom. The van der Waals surface area contributed by atoms with Crippen molar-refractivity contribution >= 4 is 11.6 Å². The van der Waals surface area contributed by atoms with Crippen molar-refractivity contribution in [1.29, 1.82) is 0 Å². The first-order valence-electron chi connectivity index (χ1n) is 7.01. The summed E-state index contributed by atoms with van der Waals surface area (Å²) in [6.45, 7) is 2.61. The summed E-state index contributed by atoms with van der Waals surface area (Å²) in [5.41, 5.74) is 0.509. The number of benzene rings is 2. The fraction of sp³-hybridized carbons (Fsp3) is 0.235. The maximum absolute atomic E-state index is 13.9. The molecule has 0 fully saturated rings. The number of nitrogens with one attached hydrogen (secondary N) is 1. The van der Waals surface area contributed by atoms with Gasteiger partial charge in [-0.25, -0.2) is 4.39 Å². The Hall–Kier alpha value is -2.56. The van der Waals surface area contributed by atoms with Crippen molar-refractivity contribution in [1.82, 2.24) is 0 Å². The molecule has 4 nitrogen and oxygen atoms in total. The summed E-state index contributed by atoms with van der Waals surface area (Å²) >= 11 is 0. The van der Waals surface area contributed by atoms with Crippen LogP contribution in [0.1, 0.15) is 23.7 Å². The van der Waals surface area contributed by atoms with Gasteiger partial charge in [0.15, 0.2) is 0 Å². The number of amides is 1. The van der Waals surface area contributed by atoms with Crippen molar-refractivity contribution < 1.29 is 18.7 Å². The minimum absolute atomic E-state index is 0.0410. The number of carbonyl (C=O) groups is 1. The Kier molecular flexibility index (Phi) is 5.36. The molecule has 2 aromatic carbocycles. The van der Waals surface area contributed by atoms with E-state index in [9.17, 15) is 9.18 Å². The van der Waals surface area contributed by atoms with Gasteiger partial charge in [0.25, 0.3) is 5.91 Å². The lowest BCUT2D eigenvalue weighted by molar-refractivity contribution is 0.102. The van der Waals surface area contributed by atoms with Gasteiger partial charge in [-0.05, 0) is 30.7 Å². The summed E-state index contributed by atoms with van der Waals surface area (Å²) in [7, 11) is 1.44. The van der Waals surface area contributed by atoms with E-state index in [1.165, 1.54) is 19.2 Å². The molecule has 1 amide bonds. The molecule has 0 unspecified atom stereocenters. The van der Waals surface area contributed by atoms with E-state index in [1.807, 2.05) is 6.92 Å². The van der Waals surface area contributed by atoms with Crippen LogP contribution in [0.5, 0.6) is 11.5 Å². The molecular formula is C17H18FNO3. The molecule has 0 spiro atoms. The fourth-order valence-corrected chi connectivity index (χ4v) is 1.89. The molecule has 22 heavy (non-hydrogen) atoms. The highest BCUT2D eigenvalue weighted by molar-refractivity contribution is 6.04. The topological polar surface area (TPSA) is 47.6 Å². The normalized spacial score (nSPS) is 10.1. The summed E-state index contributed by atoms with van der Waals surface area (Å²) in [6, 6.07) is 11.1. The maximum atomic E-state index is 13.9. The second kappa shape index (κ2) is 7.45. The van der Waals surface area contributed by atoms with E-state index in [0.717, 1.165) is 6.42 Å². The van der Waals surface area contributed by atoms with Crippen molar-refractivity contribution in [3.05, 3.63) is 53.8 Å². The largest absolute Gasteiger partial charge is 0.497 e. The van der Waals surface area contributed by atoms with E-state index in [4.69, 9.17) is 9.47 Å². The Morgan fingerprint density at radius 3 is 2.68 bits per heavy atom. The first-order chi connectivity index (χ1) is 10.6. The molecule has 0 saturated heterocycles. The third-order valence-electron chi connectivity index (χ3n) is 2.99. The first-order valence-corrected chi connectivity index (χ1v) is 7.01. The van der Waals surface area contributed by atoms with E-state index in [0.29, 0.717) is 23.8 Å². The molecule has 5 heteroatoms. The smallest absolute Gasteiger partial charge is 0.258 e. The summed E-state index contributed by atoms with van der Waals surface area (Å²) < 4.78 is 24.3. The molecule has 0 bridgehead atoms. The molecule has 0 aliphatic carbocycles. The van der Waals surface area contributed by atoms with E-state index < -0.39 is 11.7 Å². The van der Waals surface area contributed by atoms with E-state index in [-0.39, 0.29) is 5.56 Å². The highest BCUT2D eigenvalue weighted by atomic mass is 19.1. The highest BCUT2D eigenvalue weighted by Crippen LogP contribution is 2.20. The van der Waals surface area contributed by atoms with Crippen LogP contribution in [-0.2, 0) is 0 Å². The van der Waals surface area contributed by atoms with Gasteiger partial charge < -0.3 is 14.8 Å². The SMILES string of the molecule is CCCOc1cccc(NC(=O)c2ccc(OC)cc2F)c1.